The van der Waals surface area contributed by atoms with Crippen LogP contribution < -0.4 is 16.0 Å². The molecule has 0 saturated carbocycles. The van der Waals surface area contributed by atoms with Gasteiger partial charge in [-0.2, -0.15) is 11.8 Å². The maximum absolute atomic E-state index is 13.6. The zero-order valence-electron chi connectivity index (χ0n) is 33.9. The Morgan fingerprint density at radius 1 is 0.667 bits per heavy atom. The maximum atomic E-state index is 13.6. The Balaban J connectivity index is 1.66. The van der Waals surface area contributed by atoms with Crippen LogP contribution in [-0.2, 0) is 23.8 Å². The van der Waals surface area contributed by atoms with E-state index in [1.165, 1.54) is 14.7 Å². The van der Waals surface area contributed by atoms with Crippen LogP contribution >= 0.6 is 11.8 Å². The monoisotopic (exact) mass is 783 g/mol. The van der Waals surface area contributed by atoms with Crippen LogP contribution in [0.15, 0.2) is 0 Å². The molecule has 0 aromatic heterocycles. The molecule has 54 heavy (non-hydrogen) atoms. The second kappa shape index (κ2) is 19.8. The van der Waals surface area contributed by atoms with Crippen LogP contribution in [0.1, 0.15) is 101 Å². The SMILES string of the molecule is CC(C)(C)OC(=O)N1CCCN(C(=O)OC(C)(C)C)CCN(C(=O)OC(C)(C)C)CCCN(C(=O)CNC(=O)CCCC[C@@H]2SC[C@@H]3NC(=O)N[C@@H]32)CC1. The Bertz CT molecular complexity index is 1310. The van der Waals surface area contributed by atoms with Crippen molar-refractivity contribution in [3.63, 3.8) is 0 Å². The molecule has 308 valence electrons. The van der Waals surface area contributed by atoms with Crippen molar-refractivity contribution in [1.29, 1.82) is 0 Å². The minimum atomic E-state index is -0.744. The molecule has 16 nitrogen and oxygen atoms in total. The van der Waals surface area contributed by atoms with Crippen LogP contribution in [0.2, 0.25) is 0 Å². The molecule has 0 aromatic carbocycles. The van der Waals surface area contributed by atoms with Crippen molar-refractivity contribution >= 4 is 47.9 Å². The van der Waals surface area contributed by atoms with Gasteiger partial charge in [0.25, 0.3) is 0 Å². The number of nitrogens with one attached hydrogen (secondary N) is 3. The summed E-state index contributed by atoms with van der Waals surface area (Å²) in [5.41, 5.74) is -2.21. The molecule has 0 aromatic rings. The highest BCUT2D eigenvalue weighted by Crippen LogP contribution is 2.33. The molecule has 3 N–H and O–H groups in total. The lowest BCUT2D eigenvalue weighted by atomic mass is 10.0. The lowest BCUT2D eigenvalue weighted by Crippen LogP contribution is -2.49. The highest BCUT2D eigenvalue weighted by Gasteiger charge is 2.42. The molecule has 3 atom stereocenters. The lowest BCUT2D eigenvalue weighted by Gasteiger charge is -2.34. The summed E-state index contributed by atoms with van der Waals surface area (Å²) in [5, 5.41) is 9.01. The van der Waals surface area contributed by atoms with Crippen LogP contribution in [0.4, 0.5) is 19.2 Å². The molecule has 3 aliphatic rings. The molecule has 0 spiro atoms. The predicted molar refractivity (Wildman–Crippen MR) is 206 cm³/mol. The second-order valence-electron chi connectivity index (χ2n) is 17.1. The van der Waals surface area contributed by atoms with Gasteiger partial charge in [0, 0.05) is 69.8 Å². The van der Waals surface area contributed by atoms with E-state index in [1.807, 2.05) is 11.8 Å². The Labute approximate surface area is 325 Å². The molecule has 7 amide bonds. The molecule has 3 fully saturated rings. The summed E-state index contributed by atoms with van der Waals surface area (Å²) >= 11 is 1.84. The van der Waals surface area contributed by atoms with E-state index in [4.69, 9.17) is 14.2 Å². The first-order chi connectivity index (χ1) is 25.1. The summed E-state index contributed by atoms with van der Waals surface area (Å²) in [6, 6.07) is 0.164. The molecule has 0 aliphatic carbocycles. The minimum absolute atomic E-state index is 0.118. The fourth-order valence-electron chi connectivity index (χ4n) is 6.26. The average Bonchev–Trinajstić information content (AvgIpc) is 3.58. The number of fused-ring (bicyclic) bond motifs is 1. The zero-order valence-corrected chi connectivity index (χ0v) is 34.7. The maximum Gasteiger partial charge on any atom is 0.410 e. The standard InChI is InChI=1S/C37H65N7O9S/c1-35(2,3)51-32(48)42-18-13-19-44(34(50)53-37(7,8)9)23-22-43(33(49)52-36(4,5)6)17-12-16-41(20-21-42)29(46)24-38-28(45)15-11-10-14-27-30-26(25-54-27)39-31(47)40-30/h26-27,30H,10-25H2,1-9H3,(H,38,45)(H2,39,40,47)/t26-,27-,30-/m0/s1. The number of hydrogen-bond donors (Lipinski definition) is 3. The van der Waals surface area contributed by atoms with Crippen molar-refractivity contribution in [2.75, 3.05) is 64.7 Å². The Hall–Kier alpha value is -3.63. The molecule has 3 aliphatic heterocycles. The third-order valence-electron chi connectivity index (χ3n) is 8.82. The van der Waals surface area contributed by atoms with E-state index in [9.17, 15) is 28.8 Å². The van der Waals surface area contributed by atoms with Gasteiger partial charge in [0.1, 0.15) is 16.8 Å². The van der Waals surface area contributed by atoms with Crippen molar-refractivity contribution in [1.82, 2.24) is 35.6 Å². The topological polar surface area (TPSA) is 179 Å². The van der Waals surface area contributed by atoms with Gasteiger partial charge >= 0.3 is 24.3 Å². The first kappa shape index (κ1) is 44.8. The van der Waals surface area contributed by atoms with Gasteiger partial charge in [-0.3, -0.25) is 9.59 Å². The normalized spacial score (nSPS) is 22.0. The van der Waals surface area contributed by atoms with Gasteiger partial charge < -0.3 is 49.8 Å². The van der Waals surface area contributed by atoms with Gasteiger partial charge in [0.2, 0.25) is 11.8 Å². The molecule has 0 radical (unpaired) electrons. The largest absolute Gasteiger partial charge is 0.444 e. The van der Waals surface area contributed by atoms with E-state index >= 15 is 0 Å². The Kier molecular flexibility index (Phi) is 16.4. The third-order valence-corrected chi connectivity index (χ3v) is 10.3. The number of rotatable bonds is 7. The number of thioether (sulfide) groups is 1. The quantitative estimate of drug-likeness (QED) is 0.193. The van der Waals surface area contributed by atoms with E-state index in [2.05, 4.69) is 16.0 Å². The van der Waals surface area contributed by atoms with Crippen molar-refractivity contribution < 1.29 is 43.0 Å². The highest BCUT2D eigenvalue weighted by molar-refractivity contribution is 8.00. The summed E-state index contributed by atoms with van der Waals surface area (Å²) in [6.45, 7) is 17.5. The summed E-state index contributed by atoms with van der Waals surface area (Å²) in [5.74, 6) is 0.352. The van der Waals surface area contributed by atoms with E-state index in [1.54, 1.807) is 67.2 Å². The number of urea groups is 1. The van der Waals surface area contributed by atoms with E-state index in [0.717, 1.165) is 18.6 Å². The van der Waals surface area contributed by atoms with Crippen LogP contribution in [0.5, 0.6) is 0 Å². The van der Waals surface area contributed by atoms with Crippen molar-refractivity contribution in [2.24, 2.45) is 0 Å². The molecular formula is C37H65N7O9S. The van der Waals surface area contributed by atoms with E-state index in [0.29, 0.717) is 24.5 Å². The number of hydrogen-bond acceptors (Lipinski definition) is 10. The first-order valence-corrected chi connectivity index (χ1v) is 20.3. The molecule has 0 bridgehead atoms. The smallest absolute Gasteiger partial charge is 0.410 e. The lowest BCUT2D eigenvalue weighted by molar-refractivity contribution is -0.133. The number of amides is 7. The van der Waals surface area contributed by atoms with Crippen LogP contribution in [0.3, 0.4) is 0 Å². The number of carbonyl (C=O) groups excluding carboxylic acids is 6. The minimum Gasteiger partial charge on any atom is -0.444 e. The molecular weight excluding hydrogens is 719 g/mol. The van der Waals surface area contributed by atoms with E-state index in [-0.39, 0.29) is 95.3 Å². The van der Waals surface area contributed by atoms with Gasteiger partial charge in [0.05, 0.1) is 18.6 Å². The first-order valence-electron chi connectivity index (χ1n) is 19.3. The molecule has 3 rings (SSSR count). The highest BCUT2D eigenvalue weighted by atomic mass is 32.2. The Morgan fingerprint density at radius 2 is 1.11 bits per heavy atom. The van der Waals surface area contributed by atoms with Crippen molar-refractivity contribution in [2.45, 2.75) is 135 Å². The fourth-order valence-corrected chi connectivity index (χ4v) is 7.80. The van der Waals surface area contributed by atoms with Gasteiger partial charge in [-0.1, -0.05) is 6.42 Å². The molecule has 3 heterocycles. The second-order valence-corrected chi connectivity index (χ2v) is 18.4. The third kappa shape index (κ3) is 16.0. The number of carbonyl (C=O) groups is 6. The Morgan fingerprint density at radius 3 is 1.57 bits per heavy atom. The van der Waals surface area contributed by atoms with E-state index < -0.39 is 35.1 Å². The molecule has 0 unspecified atom stereocenters. The number of nitrogens with zero attached hydrogens (tertiary/aromatic N) is 4. The van der Waals surface area contributed by atoms with Gasteiger partial charge in [0.15, 0.2) is 0 Å². The van der Waals surface area contributed by atoms with Gasteiger partial charge in [-0.05, 0) is 88.0 Å². The van der Waals surface area contributed by atoms with Crippen molar-refractivity contribution in [3.05, 3.63) is 0 Å². The van der Waals surface area contributed by atoms with Gasteiger partial charge in [-0.25, -0.2) is 19.2 Å². The van der Waals surface area contributed by atoms with Crippen molar-refractivity contribution in [3.8, 4) is 0 Å². The van der Waals surface area contributed by atoms with Gasteiger partial charge in [-0.15, -0.1) is 0 Å². The fraction of sp³-hybridized carbons (Fsp3) is 0.838. The summed E-state index contributed by atoms with van der Waals surface area (Å²) in [4.78, 5) is 84.1. The number of unbranched alkanes of at least 4 members (excludes halogenated alkanes) is 1. The predicted octanol–water partition coefficient (Wildman–Crippen LogP) is 4.16. The van der Waals surface area contributed by atoms with Crippen LogP contribution in [0.25, 0.3) is 0 Å². The van der Waals surface area contributed by atoms with Crippen LogP contribution in [0, 0.1) is 0 Å². The summed E-state index contributed by atoms with van der Waals surface area (Å²) < 4.78 is 17.0. The molecule has 3 saturated heterocycles. The van der Waals surface area contributed by atoms with Crippen LogP contribution in [-0.4, -0.2) is 155 Å². The molecule has 17 heteroatoms. The average molecular weight is 784 g/mol. The summed E-state index contributed by atoms with van der Waals surface area (Å²) in [6.07, 6.45) is 1.84. The number of ether oxygens (including phenoxy) is 3. The zero-order chi connectivity index (χ0) is 40.3. The summed E-state index contributed by atoms with van der Waals surface area (Å²) in [7, 11) is 0.